The first-order chi connectivity index (χ1) is 16.0. The molecule has 0 unspecified atom stereocenters. The number of hydrogen-bond acceptors (Lipinski definition) is 4. The van der Waals surface area contributed by atoms with E-state index in [2.05, 4.69) is 34.9 Å². The Morgan fingerprint density at radius 1 is 1.00 bits per heavy atom. The number of carbonyl (C=O) groups is 3. The molecule has 3 atom stereocenters. The Balaban J connectivity index is 1.39. The van der Waals surface area contributed by atoms with Gasteiger partial charge in [0.2, 0.25) is 5.91 Å². The zero-order chi connectivity index (χ0) is 23.4. The van der Waals surface area contributed by atoms with Crippen molar-refractivity contribution in [3.8, 4) is 11.1 Å². The maximum atomic E-state index is 12.7. The standard InChI is InChI=1S/C26H30N2O5/c1-2-22(25(30)31)27-24(29)20-13-7-8-14-23(20)28-26(32)33-15-21-18-11-5-3-9-16(18)17-10-4-6-12-19(17)21/h3-6,9-12,20-23H,2,7-8,13-15H2,1H3,(H,27,29)(H,28,32)(H,30,31)/t20-,22-,23+/m0/s1. The monoisotopic (exact) mass is 450 g/mol. The van der Waals surface area contributed by atoms with Gasteiger partial charge in [-0.25, -0.2) is 9.59 Å². The molecule has 2 aromatic rings. The number of amides is 2. The molecule has 2 aromatic carbocycles. The molecule has 7 nitrogen and oxygen atoms in total. The minimum atomic E-state index is -1.05. The normalized spacial score (nSPS) is 20.3. The molecule has 0 saturated heterocycles. The Morgan fingerprint density at radius 3 is 2.21 bits per heavy atom. The number of fused-ring (bicyclic) bond motifs is 3. The lowest BCUT2D eigenvalue weighted by atomic mass is 9.83. The third kappa shape index (κ3) is 4.87. The van der Waals surface area contributed by atoms with Crippen LogP contribution in [-0.2, 0) is 14.3 Å². The third-order valence-electron chi connectivity index (χ3n) is 6.77. The molecule has 0 heterocycles. The zero-order valence-corrected chi connectivity index (χ0v) is 18.8. The Kier molecular flexibility index (Phi) is 6.96. The summed E-state index contributed by atoms with van der Waals surface area (Å²) >= 11 is 0. The maximum absolute atomic E-state index is 12.7. The smallest absolute Gasteiger partial charge is 0.407 e. The highest BCUT2D eigenvalue weighted by Gasteiger charge is 2.35. The van der Waals surface area contributed by atoms with E-state index in [1.165, 1.54) is 0 Å². The van der Waals surface area contributed by atoms with Gasteiger partial charge in [-0.05, 0) is 41.5 Å². The van der Waals surface area contributed by atoms with Gasteiger partial charge in [0.15, 0.2) is 0 Å². The average Bonchev–Trinajstić information content (AvgIpc) is 3.15. The molecule has 0 spiro atoms. The van der Waals surface area contributed by atoms with Crippen molar-refractivity contribution in [2.24, 2.45) is 5.92 Å². The number of alkyl carbamates (subject to hydrolysis) is 1. The van der Waals surface area contributed by atoms with Crippen LogP contribution in [0.1, 0.15) is 56.1 Å². The van der Waals surface area contributed by atoms with E-state index in [-0.39, 0.29) is 24.5 Å². The number of carboxylic acids is 1. The van der Waals surface area contributed by atoms with Crippen LogP contribution in [-0.4, -0.2) is 41.8 Å². The highest BCUT2D eigenvalue weighted by molar-refractivity contribution is 5.86. The number of ether oxygens (including phenoxy) is 1. The molecular formula is C26H30N2O5. The first-order valence-electron chi connectivity index (χ1n) is 11.6. The average molecular weight is 451 g/mol. The molecular weight excluding hydrogens is 420 g/mol. The molecule has 0 bridgehead atoms. The number of hydrogen-bond donors (Lipinski definition) is 3. The van der Waals surface area contributed by atoms with Crippen molar-refractivity contribution in [2.75, 3.05) is 6.61 Å². The van der Waals surface area contributed by atoms with Crippen molar-refractivity contribution in [1.82, 2.24) is 10.6 Å². The summed E-state index contributed by atoms with van der Waals surface area (Å²) in [4.78, 5) is 36.7. The summed E-state index contributed by atoms with van der Waals surface area (Å²) in [6.45, 7) is 1.92. The van der Waals surface area contributed by atoms with E-state index in [9.17, 15) is 19.5 Å². The first kappa shape index (κ1) is 22.8. The van der Waals surface area contributed by atoms with Crippen LogP contribution in [0.5, 0.6) is 0 Å². The highest BCUT2D eigenvalue weighted by atomic mass is 16.5. The predicted molar refractivity (Wildman–Crippen MR) is 124 cm³/mol. The number of nitrogens with one attached hydrogen (secondary N) is 2. The van der Waals surface area contributed by atoms with Crippen molar-refractivity contribution in [3.05, 3.63) is 59.7 Å². The van der Waals surface area contributed by atoms with Gasteiger partial charge in [0.1, 0.15) is 12.6 Å². The van der Waals surface area contributed by atoms with Crippen LogP contribution in [0.15, 0.2) is 48.5 Å². The van der Waals surface area contributed by atoms with Gasteiger partial charge < -0.3 is 20.5 Å². The van der Waals surface area contributed by atoms with Crippen LogP contribution in [0.3, 0.4) is 0 Å². The van der Waals surface area contributed by atoms with Crippen molar-refractivity contribution in [3.63, 3.8) is 0 Å². The molecule has 174 valence electrons. The fraction of sp³-hybridized carbons (Fsp3) is 0.423. The van der Waals surface area contributed by atoms with Gasteiger partial charge >= 0.3 is 12.1 Å². The SMILES string of the molecule is CC[C@H](NC(=O)[C@H]1CCCC[C@H]1NC(=O)OCC1c2ccccc2-c2ccccc21)C(=O)O. The molecule has 0 radical (unpaired) electrons. The zero-order valence-electron chi connectivity index (χ0n) is 18.8. The minimum Gasteiger partial charge on any atom is -0.480 e. The van der Waals surface area contributed by atoms with E-state index < -0.39 is 24.0 Å². The lowest BCUT2D eigenvalue weighted by Crippen LogP contribution is -2.51. The largest absolute Gasteiger partial charge is 0.480 e. The molecule has 2 aliphatic carbocycles. The lowest BCUT2D eigenvalue weighted by molar-refractivity contribution is -0.143. The second-order valence-electron chi connectivity index (χ2n) is 8.77. The van der Waals surface area contributed by atoms with E-state index in [0.717, 1.165) is 35.1 Å². The minimum absolute atomic E-state index is 0.0329. The van der Waals surface area contributed by atoms with Gasteiger partial charge in [-0.2, -0.15) is 0 Å². The van der Waals surface area contributed by atoms with Crippen molar-refractivity contribution in [1.29, 1.82) is 0 Å². The Bertz CT molecular complexity index is 991. The van der Waals surface area contributed by atoms with E-state index in [4.69, 9.17) is 4.74 Å². The molecule has 1 saturated carbocycles. The van der Waals surface area contributed by atoms with E-state index in [1.807, 2.05) is 24.3 Å². The lowest BCUT2D eigenvalue weighted by Gasteiger charge is -2.31. The second kappa shape index (κ2) is 10.1. The molecule has 4 rings (SSSR count). The number of benzene rings is 2. The number of carboxylic acid groups (broad SMARTS) is 1. The Morgan fingerprint density at radius 2 is 1.61 bits per heavy atom. The van der Waals surface area contributed by atoms with E-state index in [0.29, 0.717) is 19.3 Å². The third-order valence-corrected chi connectivity index (χ3v) is 6.77. The molecule has 0 aliphatic heterocycles. The van der Waals surface area contributed by atoms with E-state index >= 15 is 0 Å². The molecule has 2 aliphatic rings. The summed E-state index contributed by atoms with van der Waals surface area (Å²) < 4.78 is 5.64. The first-order valence-corrected chi connectivity index (χ1v) is 11.6. The van der Waals surface area contributed by atoms with Gasteiger partial charge in [-0.3, -0.25) is 4.79 Å². The molecule has 2 amide bonds. The van der Waals surface area contributed by atoms with Crippen LogP contribution in [0.25, 0.3) is 11.1 Å². The maximum Gasteiger partial charge on any atom is 0.407 e. The molecule has 1 fully saturated rings. The summed E-state index contributed by atoms with van der Waals surface area (Å²) in [6, 6.07) is 15.0. The molecule has 3 N–H and O–H groups in total. The summed E-state index contributed by atoms with van der Waals surface area (Å²) in [5.74, 6) is -1.88. The van der Waals surface area contributed by atoms with Gasteiger partial charge in [-0.15, -0.1) is 0 Å². The fourth-order valence-corrected chi connectivity index (χ4v) is 5.03. The van der Waals surface area contributed by atoms with Crippen molar-refractivity contribution >= 4 is 18.0 Å². The Hall–Kier alpha value is -3.35. The topological polar surface area (TPSA) is 105 Å². The molecule has 0 aromatic heterocycles. The summed E-state index contributed by atoms with van der Waals surface area (Å²) in [7, 11) is 0. The predicted octanol–water partition coefficient (Wildman–Crippen LogP) is 4.06. The quantitative estimate of drug-likeness (QED) is 0.590. The number of aliphatic carboxylic acids is 1. The molecule has 33 heavy (non-hydrogen) atoms. The Labute approximate surface area is 193 Å². The summed E-state index contributed by atoms with van der Waals surface area (Å²) in [6.07, 6.45) is 2.78. The van der Waals surface area contributed by atoms with Gasteiger partial charge in [0.05, 0.1) is 5.92 Å². The van der Waals surface area contributed by atoms with Crippen LogP contribution in [0.2, 0.25) is 0 Å². The second-order valence-corrected chi connectivity index (χ2v) is 8.77. The highest BCUT2D eigenvalue weighted by Crippen LogP contribution is 2.44. The number of rotatable bonds is 7. The van der Waals surface area contributed by atoms with Crippen LogP contribution < -0.4 is 10.6 Å². The van der Waals surface area contributed by atoms with Crippen molar-refractivity contribution < 1.29 is 24.2 Å². The van der Waals surface area contributed by atoms with Gasteiger partial charge in [0.25, 0.3) is 0 Å². The van der Waals surface area contributed by atoms with E-state index in [1.54, 1.807) is 6.92 Å². The van der Waals surface area contributed by atoms with Crippen LogP contribution >= 0.6 is 0 Å². The fourth-order valence-electron chi connectivity index (χ4n) is 5.03. The summed E-state index contributed by atoms with van der Waals surface area (Å²) in [5, 5.41) is 14.7. The summed E-state index contributed by atoms with van der Waals surface area (Å²) in [5.41, 5.74) is 4.60. The van der Waals surface area contributed by atoms with Gasteiger partial charge in [-0.1, -0.05) is 68.3 Å². The van der Waals surface area contributed by atoms with Crippen molar-refractivity contribution in [2.45, 2.75) is 57.0 Å². The van der Waals surface area contributed by atoms with Crippen LogP contribution in [0.4, 0.5) is 4.79 Å². The molecule has 7 heteroatoms. The number of carbonyl (C=O) groups excluding carboxylic acids is 2. The van der Waals surface area contributed by atoms with Gasteiger partial charge in [0, 0.05) is 12.0 Å². The van der Waals surface area contributed by atoms with Crippen LogP contribution in [0, 0.1) is 5.92 Å².